The van der Waals surface area contributed by atoms with Crippen LogP contribution in [0.3, 0.4) is 0 Å². The molecule has 224 valence electrons. The minimum absolute atomic E-state index is 0.0408. The SMILES string of the molecule is CCOP(=O)(COCC1O[C@@H](n2ccc3c(N(C)[C@H](C)c4ccccc4)nc(Cl)nc32)[C@@H]2OC(C)(C)O[C@H]12)OCC. The summed E-state index contributed by atoms with van der Waals surface area (Å²) in [5, 5.41) is 0.951. The fourth-order valence-electron chi connectivity index (χ4n) is 5.41. The number of halogens is 1. The quantitative estimate of drug-likeness (QED) is 0.181. The highest BCUT2D eigenvalue weighted by atomic mass is 35.5. The van der Waals surface area contributed by atoms with Crippen LogP contribution >= 0.6 is 19.2 Å². The van der Waals surface area contributed by atoms with E-state index in [-0.39, 0.29) is 37.5 Å². The Labute approximate surface area is 245 Å². The Morgan fingerprint density at radius 3 is 2.46 bits per heavy atom. The number of fused-ring (bicyclic) bond motifs is 2. The monoisotopic (exact) mass is 608 g/mol. The highest BCUT2D eigenvalue weighted by molar-refractivity contribution is 7.53. The largest absolute Gasteiger partial charge is 0.366 e. The van der Waals surface area contributed by atoms with Gasteiger partial charge in [-0.25, -0.2) is 0 Å². The lowest BCUT2D eigenvalue weighted by Crippen LogP contribution is -2.33. The molecule has 3 aromatic rings. The van der Waals surface area contributed by atoms with Crippen molar-refractivity contribution in [3.8, 4) is 0 Å². The Morgan fingerprint density at radius 2 is 1.78 bits per heavy atom. The molecule has 2 saturated heterocycles. The van der Waals surface area contributed by atoms with Crippen LogP contribution in [0.15, 0.2) is 42.6 Å². The van der Waals surface area contributed by atoms with E-state index in [9.17, 15) is 4.57 Å². The molecule has 2 aliphatic heterocycles. The van der Waals surface area contributed by atoms with Crippen LogP contribution in [-0.2, 0) is 32.6 Å². The zero-order valence-corrected chi connectivity index (χ0v) is 25.9. The van der Waals surface area contributed by atoms with Gasteiger partial charge in [0.15, 0.2) is 12.0 Å². The Hall–Kier alpha value is -2.08. The Kier molecular flexibility index (Phi) is 9.09. The van der Waals surface area contributed by atoms with Gasteiger partial charge < -0.3 is 37.5 Å². The van der Waals surface area contributed by atoms with Crippen molar-refractivity contribution in [2.75, 3.05) is 38.1 Å². The summed E-state index contributed by atoms with van der Waals surface area (Å²) in [5.74, 6) is -0.121. The maximum absolute atomic E-state index is 12.9. The van der Waals surface area contributed by atoms with Crippen molar-refractivity contribution in [3.63, 3.8) is 0 Å². The Balaban J connectivity index is 1.41. The minimum atomic E-state index is -3.37. The summed E-state index contributed by atoms with van der Waals surface area (Å²) in [6.07, 6.45) is -0.238. The van der Waals surface area contributed by atoms with E-state index in [0.717, 1.165) is 10.9 Å². The molecule has 0 saturated carbocycles. The Morgan fingerprint density at radius 1 is 1.10 bits per heavy atom. The lowest BCUT2D eigenvalue weighted by atomic mass is 10.1. The molecule has 1 unspecified atom stereocenters. The van der Waals surface area contributed by atoms with Gasteiger partial charge in [0.25, 0.3) is 0 Å². The standard InChI is InChI=1S/C28H38ClN4O7P/c1-7-36-41(34,37-8-2)17-35-16-21-22-23(40-28(4,5)39-22)26(38-21)33-15-14-20-24(30-27(29)31-25(20)33)32(6)18(3)19-12-10-9-11-13-19/h9-15,18,21-23,26H,7-8,16-17H2,1-6H3/t18-,21?,22-,23-,26-/m1/s1. The van der Waals surface area contributed by atoms with E-state index < -0.39 is 37.9 Å². The second-order valence-corrected chi connectivity index (χ2v) is 12.9. The van der Waals surface area contributed by atoms with Crippen LogP contribution in [-0.4, -0.2) is 71.9 Å². The van der Waals surface area contributed by atoms with Crippen molar-refractivity contribution < 1.29 is 32.6 Å². The van der Waals surface area contributed by atoms with Crippen molar-refractivity contribution in [2.24, 2.45) is 0 Å². The van der Waals surface area contributed by atoms with Crippen molar-refractivity contribution in [1.29, 1.82) is 0 Å². The highest BCUT2D eigenvalue weighted by Crippen LogP contribution is 2.49. The first-order valence-electron chi connectivity index (χ1n) is 13.8. The summed E-state index contributed by atoms with van der Waals surface area (Å²) in [5.41, 5.74) is 1.77. The van der Waals surface area contributed by atoms with Gasteiger partial charge in [0.1, 0.15) is 36.1 Å². The van der Waals surface area contributed by atoms with E-state index in [1.54, 1.807) is 13.8 Å². The maximum Gasteiger partial charge on any atom is 0.356 e. The van der Waals surface area contributed by atoms with Crippen molar-refractivity contribution in [1.82, 2.24) is 14.5 Å². The lowest BCUT2D eigenvalue weighted by Gasteiger charge is -2.27. The van der Waals surface area contributed by atoms with Gasteiger partial charge in [0, 0.05) is 13.2 Å². The summed E-state index contributed by atoms with van der Waals surface area (Å²) in [7, 11) is -1.38. The van der Waals surface area contributed by atoms with Gasteiger partial charge >= 0.3 is 7.60 Å². The van der Waals surface area contributed by atoms with E-state index in [1.165, 1.54) is 0 Å². The number of ether oxygens (including phenoxy) is 4. The van der Waals surface area contributed by atoms with E-state index in [2.05, 4.69) is 33.9 Å². The Bertz CT molecular complexity index is 1380. The van der Waals surface area contributed by atoms with Gasteiger partial charge in [-0.15, -0.1) is 0 Å². The van der Waals surface area contributed by atoms with Gasteiger partial charge in [-0.3, -0.25) is 4.57 Å². The molecule has 41 heavy (non-hydrogen) atoms. The predicted octanol–water partition coefficient (Wildman–Crippen LogP) is 5.94. The number of benzene rings is 1. The average Bonchev–Trinajstić information content (AvgIpc) is 3.59. The third kappa shape index (κ3) is 6.33. The van der Waals surface area contributed by atoms with Crippen LogP contribution in [0, 0.1) is 0 Å². The number of nitrogens with zero attached hydrogens (tertiary/aromatic N) is 4. The predicted molar refractivity (Wildman–Crippen MR) is 155 cm³/mol. The molecule has 4 heterocycles. The second-order valence-electron chi connectivity index (χ2n) is 10.6. The van der Waals surface area contributed by atoms with Crippen LogP contribution < -0.4 is 4.90 Å². The molecule has 5 rings (SSSR count). The number of anilines is 1. The summed E-state index contributed by atoms with van der Waals surface area (Å²) in [6, 6.07) is 12.2. The topological polar surface area (TPSA) is 106 Å². The first-order chi connectivity index (χ1) is 19.6. The fourth-order valence-corrected chi connectivity index (χ4v) is 6.91. The summed E-state index contributed by atoms with van der Waals surface area (Å²) < 4.78 is 50.3. The van der Waals surface area contributed by atoms with E-state index in [1.807, 2.05) is 55.9 Å². The van der Waals surface area contributed by atoms with Crippen LogP contribution in [0.1, 0.15) is 52.5 Å². The number of hydrogen-bond acceptors (Lipinski definition) is 10. The van der Waals surface area contributed by atoms with Gasteiger partial charge in [0.05, 0.1) is 31.2 Å². The summed E-state index contributed by atoms with van der Waals surface area (Å²) in [4.78, 5) is 11.2. The first kappa shape index (κ1) is 30.4. The van der Waals surface area contributed by atoms with Crippen LogP contribution in [0.25, 0.3) is 11.0 Å². The zero-order chi connectivity index (χ0) is 29.4. The molecule has 1 aromatic carbocycles. The molecule has 2 fully saturated rings. The van der Waals surface area contributed by atoms with Crippen LogP contribution in [0.5, 0.6) is 0 Å². The molecule has 2 aliphatic rings. The number of hydrogen-bond donors (Lipinski definition) is 0. The van der Waals surface area contributed by atoms with Crippen LogP contribution in [0.2, 0.25) is 5.28 Å². The molecule has 0 N–H and O–H groups in total. The van der Waals surface area contributed by atoms with E-state index >= 15 is 0 Å². The average molecular weight is 609 g/mol. The molecule has 2 aromatic heterocycles. The van der Waals surface area contributed by atoms with Crippen molar-refractivity contribution >= 4 is 36.0 Å². The first-order valence-corrected chi connectivity index (χ1v) is 15.9. The van der Waals surface area contributed by atoms with Gasteiger partial charge in [0.2, 0.25) is 5.28 Å². The molecule has 13 heteroatoms. The molecule has 11 nitrogen and oxygen atoms in total. The van der Waals surface area contributed by atoms with Gasteiger partial charge in [-0.1, -0.05) is 30.3 Å². The van der Waals surface area contributed by atoms with Crippen LogP contribution in [0.4, 0.5) is 5.82 Å². The smallest absolute Gasteiger partial charge is 0.356 e. The summed E-state index contributed by atoms with van der Waals surface area (Å²) in [6.45, 7) is 9.98. The van der Waals surface area contributed by atoms with Gasteiger partial charge in [-0.05, 0) is 57.8 Å². The highest BCUT2D eigenvalue weighted by Gasteiger charge is 2.56. The number of rotatable bonds is 12. The molecular weight excluding hydrogens is 571 g/mol. The molecule has 5 atom stereocenters. The molecule has 0 bridgehead atoms. The normalized spacial score (nSPS) is 24.6. The second kappa shape index (κ2) is 12.3. The maximum atomic E-state index is 12.9. The zero-order valence-electron chi connectivity index (χ0n) is 24.2. The third-order valence-electron chi connectivity index (χ3n) is 7.30. The van der Waals surface area contributed by atoms with Crippen molar-refractivity contribution in [2.45, 2.75) is 71.0 Å². The lowest BCUT2D eigenvalue weighted by molar-refractivity contribution is -0.201. The molecule has 0 spiro atoms. The van der Waals surface area contributed by atoms with Gasteiger partial charge in [-0.2, -0.15) is 9.97 Å². The number of aromatic nitrogens is 3. The molecule has 0 amide bonds. The molecule has 0 radical (unpaired) electrons. The minimum Gasteiger partial charge on any atom is -0.366 e. The third-order valence-corrected chi connectivity index (χ3v) is 9.28. The molecule has 0 aliphatic carbocycles. The van der Waals surface area contributed by atoms with E-state index in [0.29, 0.717) is 11.5 Å². The van der Waals surface area contributed by atoms with Crippen molar-refractivity contribution in [3.05, 3.63) is 53.4 Å². The summed E-state index contributed by atoms with van der Waals surface area (Å²) >= 11 is 6.47. The fraction of sp³-hybridized carbons (Fsp3) is 0.571. The van der Waals surface area contributed by atoms with E-state index in [4.69, 9.17) is 39.6 Å². The molecular formula is C28H38ClN4O7P.